The van der Waals surface area contributed by atoms with Crippen LogP contribution < -0.4 is 10.6 Å². The van der Waals surface area contributed by atoms with Gasteiger partial charge in [-0.15, -0.1) is 24.0 Å². The monoisotopic (exact) mass is 448 g/mol. The van der Waals surface area contributed by atoms with Crippen LogP contribution in [0.3, 0.4) is 0 Å². The summed E-state index contributed by atoms with van der Waals surface area (Å²) < 4.78 is 13.2. The molecule has 0 aliphatic heterocycles. The van der Waals surface area contributed by atoms with Crippen LogP contribution in [0.25, 0.3) is 0 Å². The van der Waals surface area contributed by atoms with E-state index in [1.807, 2.05) is 13.0 Å². The average Bonchev–Trinajstić information content (AvgIpc) is 3.33. The van der Waals surface area contributed by atoms with Gasteiger partial charge in [0.1, 0.15) is 5.82 Å². The maximum atomic E-state index is 13.2. The minimum Gasteiger partial charge on any atom is -0.357 e. The van der Waals surface area contributed by atoms with Gasteiger partial charge in [-0.05, 0) is 51.3 Å². The maximum Gasteiger partial charge on any atom is 0.191 e. The Hall–Kier alpha value is -0.890. The third-order valence-electron chi connectivity index (χ3n) is 3.99. The van der Waals surface area contributed by atoms with Crippen LogP contribution >= 0.6 is 24.0 Å². The number of hydrogen-bond acceptors (Lipinski definition) is 2. The molecule has 0 spiro atoms. The third-order valence-corrected chi connectivity index (χ3v) is 3.99. The zero-order chi connectivity index (χ0) is 16.7. The number of nitrogens with zero attached hydrogens (tertiary/aromatic N) is 2. The normalized spacial score (nSPS) is 14.7. The van der Waals surface area contributed by atoms with E-state index in [0.717, 1.165) is 37.2 Å². The predicted molar refractivity (Wildman–Crippen MR) is 109 cm³/mol. The Morgan fingerprint density at radius 3 is 2.67 bits per heavy atom. The molecule has 0 heterocycles. The van der Waals surface area contributed by atoms with Crippen LogP contribution in [0, 0.1) is 5.82 Å². The van der Waals surface area contributed by atoms with Gasteiger partial charge in [0.15, 0.2) is 5.96 Å². The van der Waals surface area contributed by atoms with E-state index in [1.54, 1.807) is 6.07 Å². The van der Waals surface area contributed by atoms with E-state index in [2.05, 4.69) is 34.4 Å². The molecule has 0 unspecified atom stereocenters. The highest BCUT2D eigenvalue weighted by Crippen LogP contribution is 2.27. The standard InChI is InChI=1S/C18H29FN4.HI/c1-4-20-18(22-13-15-6-5-7-16(19)12-15)21-10-11-23(14(2)3)17-8-9-17;/h5-7,12,14,17H,4,8-11,13H2,1-3H3,(H2,20,21,22);1H. The SMILES string of the molecule is CCNC(=NCc1cccc(F)c1)NCCN(C(C)C)C1CC1.I. The smallest absolute Gasteiger partial charge is 0.191 e. The predicted octanol–water partition coefficient (Wildman–Crippen LogP) is 3.37. The van der Waals surface area contributed by atoms with Crippen molar-refractivity contribution in [3.63, 3.8) is 0 Å². The molecule has 1 aliphatic rings. The Balaban J connectivity index is 0.00000288. The molecule has 0 radical (unpaired) electrons. The molecule has 1 aliphatic carbocycles. The number of aliphatic imine (C=N–C) groups is 1. The lowest BCUT2D eigenvalue weighted by atomic mass is 10.2. The second kappa shape index (κ2) is 10.9. The summed E-state index contributed by atoms with van der Waals surface area (Å²) in [7, 11) is 0. The zero-order valence-corrected chi connectivity index (χ0v) is 17.2. The summed E-state index contributed by atoms with van der Waals surface area (Å²) in [4.78, 5) is 7.08. The lowest BCUT2D eigenvalue weighted by molar-refractivity contribution is 0.215. The van der Waals surface area contributed by atoms with Gasteiger partial charge in [0.25, 0.3) is 0 Å². The van der Waals surface area contributed by atoms with Gasteiger partial charge < -0.3 is 10.6 Å². The second-order valence-electron chi connectivity index (χ2n) is 6.31. The molecule has 0 saturated heterocycles. The maximum absolute atomic E-state index is 13.2. The molecule has 1 aromatic carbocycles. The van der Waals surface area contributed by atoms with Gasteiger partial charge in [0.05, 0.1) is 6.54 Å². The van der Waals surface area contributed by atoms with Crippen molar-refractivity contribution in [2.24, 2.45) is 4.99 Å². The van der Waals surface area contributed by atoms with Crippen LogP contribution in [0.2, 0.25) is 0 Å². The first-order valence-corrected chi connectivity index (χ1v) is 8.62. The lowest BCUT2D eigenvalue weighted by Crippen LogP contribution is -2.43. The topological polar surface area (TPSA) is 39.7 Å². The number of rotatable bonds is 8. The van der Waals surface area contributed by atoms with Gasteiger partial charge in [0.2, 0.25) is 0 Å². The molecule has 1 aromatic rings. The van der Waals surface area contributed by atoms with E-state index in [9.17, 15) is 4.39 Å². The van der Waals surface area contributed by atoms with Crippen LogP contribution in [0.15, 0.2) is 29.3 Å². The van der Waals surface area contributed by atoms with E-state index in [0.29, 0.717) is 12.6 Å². The molecule has 0 aromatic heterocycles. The van der Waals surface area contributed by atoms with E-state index in [4.69, 9.17) is 0 Å². The quantitative estimate of drug-likeness (QED) is 0.364. The molecule has 0 bridgehead atoms. The van der Waals surface area contributed by atoms with Gasteiger partial charge in [0, 0.05) is 31.7 Å². The van der Waals surface area contributed by atoms with Crippen molar-refractivity contribution >= 4 is 29.9 Å². The molecule has 0 atom stereocenters. The van der Waals surface area contributed by atoms with Crippen LogP contribution in [-0.4, -0.2) is 42.6 Å². The number of nitrogens with one attached hydrogen (secondary N) is 2. The molecule has 0 amide bonds. The lowest BCUT2D eigenvalue weighted by Gasteiger charge is -2.26. The summed E-state index contributed by atoms with van der Waals surface area (Å²) in [6.45, 7) is 9.72. The molecule has 136 valence electrons. The number of guanidine groups is 1. The minimum atomic E-state index is -0.215. The van der Waals surface area contributed by atoms with E-state index in [1.165, 1.54) is 25.0 Å². The number of halogens is 2. The summed E-state index contributed by atoms with van der Waals surface area (Å²) in [6.07, 6.45) is 2.65. The van der Waals surface area contributed by atoms with Crippen molar-refractivity contribution in [2.45, 2.75) is 52.2 Å². The van der Waals surface area contributed by atoms with Gasteiger partial charge in [-0.1, -0.05) is 12.1 Å². The Kier molecular flexibility index (Phi) is 9.58. The molecule has 24 heavy (non-hydrogen) atoms. The van der Waals surface area contributed by atoms with Crippen molar-refractivity contribution in [3.05, 3.63) is 35.6 Å². The molecule has 2 N–H and O–H groups in total. The van der Waals surface area contributed by atoms with Crippen molar-refractivity contribution < 1.29 is 4.39 Å². The Morgan fingerprint density at radius 1 is 1.33 bits per heavy atom. The Labute approximate surface area is 162 Å². The second-order valence-corrected chi connectivity index (χ2v) is 6.31. The Morgan fingerprint density at radius 2 is 2.08 bits per heavy atom. The van der Waals surface area contributed by atoms with Crippen LogP contribution in [0.4, 0.5) is 4.39 Å². The third kappa shape index (κ3) is 7.34. The van der Waals surface area contributed by atoms with Gasteiger partial charge in [-0.25, -0.2) is 9.38 Å². The van der Waals surface area contributed by atoms with E-state index in [-0.39, 0.29) is 29.8 Å². The van der Waals surface area contributed by atoms with E-state index >= 15 is 0 Å². The summed E-state index contributed by atoms with van der Waals surface area (Å²) in [6, 6.07) is 7.94. The summed E-state index contributed by atoms with van der Waals surface area (Å²) >= 11 is 0. The molecule has 1 fully saturated rings. The number of hydrogen-bond donors (Lipinski definition) is 2. The average molecular weight is 448 g/mol. The van der Waals surface area contributed by atoms with E-state index < -0.39 is 0 Å². The first kappa shape index (κ1) is 21.2. The van der Waals surface area contributed by atoms with Crippen molar-refractivity contribution in [3.8, 4) is 0 Å². The van der Waals surface area contributed by atoms with Gasteiger partial charge >= 0.3 is 0 Å². The summed E-state index contributed by atoms with van der Waals surface area (Å²) in [5.74, 6) is 0.573. The first-order chi connectivity index (χ1) is 11.1. The van der Waals surface area contributed by atoms with Crippen molar-refractivity contribution in [1.29, 1.82) is 0 Å². The van der Waals surface area contributed by atoms with Crippen LogP contribution in [-0.2, 0) is 6.54 Å². The fraction of sp³-hybridized carbons (Fsp3) is 0.611. The highest BCUT2D eigenvalue weighted by molar-refractivity contribution is 14.0. The highest BCUT2D eigenvalue weighted by atomic mass is 127. The molecule has 6 heteroatoms. The summed E-state index contributed by atoms with van der Waals surface area (Å²) in [5.41, 5.74) is 0.879. The largest absolute Gasteiger partial charge is 0.357 e. The van der Waals surface area contributed by atoms with Gasteiger partial charge in [-0.3, -0.25) is 4.90 Å². The Bertz CT molecular complexity index is 515. The highest BCUT2D eigenvalue weighted by Gasteiger charge is 2.30. The van der Waals surface area contributed by atoms with Crippen LogP contribution in [0.5, 0.6) is 0 Å². The summed E-state index contributed by atoms with van der Waals surface area (Å²) in [5, 5.41) is 6.62. The molecule has 2 rings (SSSR count). The number of benzene rings is 1. The molecular formula is C18H30FIN4. The fourth-order valence-electron chi connectivity index (χ4n) is 2.72. The molecular weight excluding hydrogens is 418 g/mol. The van der Waals surface area contributed by atoms with Crippen LogP contribution in [0.1, 0.15) is 39.2 Å². The zero-order valence-electron chi connectivity index (χ0n) is 14.9. The first-order valence-electron chi connectivity index (χ1n) is 8.62. The fourth-order valence-corrected chi connectivity index (χ4v) is 2.72. The molecule has 4 nitrogen and oxygen atoms in total. The van der Waals surface area contributed by atoms with Crippen molar-refractivity contribution in [1.82, 2.24) is 15.5 Å². The minimum absolute atomic E-state index is 0. The van der Waals surface area contributed by atoms with Crippen molar-refractivity contribution in [2.75, 3.05) is 19.6 Å². The van der Waals surface area contributed by atoms with Gasteiger partial charge in [-0.2, -0.15) is 0 Å². The molecule has 1 saturated carbocycles.